The Labute approximate surface area is 240 Å². The Morgan fingerprint density at radius 2 is 1.83 bits per heavy atom. The van der Waals surface area contributed by atoms with Gasteiger partial charge in [-0.05, 0) is 80.6 Å². The number of rotatable bonds is 7. The third-order valence-corrected chi connectivity index (χ3v) is 11.5. The smallest absolute Gasteiger partial charge is 0.328 e. The molecule has 0 radical (unpaired) electrons. The molecule has 1 heterocycles. The zero-order valence-electron chi connectivity index (χ0n) is 24.4. The van der Waals surface area contributed by atoms with E-state index in [1.165, 1.54) is 12.0 Å². The Bertz CT molecular complexity index is 1160. The van der Waals surface area contributed by atoms with Crippen molar-refractivity contribution in [1.29, 1.82) is 0 Å². The van der Waals surface area contributed by atoms with Crippen LogP contribution >= 0.6 is 0 Å². The number of likely N-dealkylation sites (tertiary alicyclic amines) is 1. The van der Waals surface area contributed by atoms with Gasteiger partial charge in [-0.3, -0.25) is 19.2 Å². The van der Waals surface area contributed by atoms with Crippen LogP contribution in [0.25, 0.3) is 0 Å². The van der Waals surface area contributed by atoms with Gasteiger partial charge in [0, 0.05) is 24.8 Å². The number of hydrogen-bond donors (Lipinski definition) is 2. The van der Waals surface area contributed by atoms with Crippen LogP contribution in [0.5, 0.6) is 0 Å². The predicted octanol–water partition coefficient (Wildman–Crippen LogP) is 2.28. The summed E-state index contributed by atoms with van der Waals surface area (Å²) in [7, 11) is 1.27. The van der Waals surface area contributed by atoms with Crippen LogP contribution in [0.4, 0.5) is 0 Å². The van der Waals surface area contributed by atoms with Gasteiger partial charge < -0.3 is 24.6 Å². The van der Waals surface area contributed by atoms with E-state index in [1.54, 1.807) is 6.08 Å². The van der Waals surface area contributed by atoms with Gasteiger partial charge in [0.2, 0.25) is 11.7 Å². The van der Waals surface area contributed by atoms with Crippen molar-refractivity contribution in [3.05, 3.63) is 11.6 Å². The summed E-state index contributed by atoms with van der Waals surface area (Å²) in [6.07, 6.45) is 5.75. The number of ketones is 2. The molecule has 3 saturated carbocycles. The van der Waals surface area contributed by atoms with Crippen molar-refractivity contribution in [3.63, 3.8) is 0 Å². The van der Waals surface area contributed by atoms with E-state index in [4.69, 9.17) is 9.47 Å². The molecule has 5 aliphatic rings. The van der Waals surface area contributed by atoms with E-state index in [0.717, 1.165) is 18.4 Å². The van der Waals surface area contributed by atoms with Crippen LogP contribution in [0, 0.1) is 28.6 Å². The maximum absolute atomic E-state index is 13.4. The first kappa shape index (κ1) is 29.9. The Balaban J connectivity index is 1.20. The molecule has 4 aliphatic carbocycles. The molecule has 226 valence electrons. The lowest BCUT2D eigenvalue weighted by atomic mass is 9.45. The van der Waals surface area contributed by atoms with E-state index in [-0.39, 0.29) is 60.5 Å². The molecule has 1 amide bonds. The number of fused-ring (bicyclic) bond motifs is 5. The quantitative estimate of drug-likeness (QED) is 0.438. The highest BCUT2D eigenvalue weighted by Gasteiger charge is 2.68. The number of aliphatic hydroxyl groups excluding tert-OH is 1. The van der Waals surface area contributed by atoms with Crippen LogP contribution in [0.1, 0.15) is 84.5 Å². The minimum Gasteiger partial charge on any atom is -0.467 e. The van der Waals surface area contributed by atoms with E-state index < -0.39 is 47.5 Å². The Morgan fingerprint density at radius 1 is 1.07 bits per heavy atom. The molecule has 0 aromatic heterocycles. The average molecular weight is 574 g/mol. The van der Waals surface area contributed by atoms with Gasteiger partial charge in [-0.2, -0.15) is 0 Å². The number of ether oxygens (including phenoxy) is 2. The Kier molecular flexibility index (Phi) is 7.96. The number of carbonyl (C=O) groups excluding carboxylic acids is 5. The number of esters is 2. The Morgan fingerprint density at radius 3 is 2.56 bits per heavy atom. The fraction of sp³-hybridized carbons (Fsp3) is 0.774. The van der Waals surface area contributed by atoms with Gasteiger partial charge >= 0.3 is 11.9 Å². The highest BCUT2D eigenvalue weighted by Crippen LogP contribution is 2.67. The van der Waals surface area contributed by atoms with Gasteiger partial charge in [0.15, 0.2) is 12.4 Å². The zero-order valence-corrected chi connectivity index (χ0v) is 24.4. The third-order valence-electron chi connectivity index (χ3n) is 11.5. The summed E-state index contributed by atoms with van der Waals surface area (Å²) in [5.74, 6) is -1.87. The summed E-state index contributed by atoms with van der Waals surface area (Å²) in [6, 6.07) is -0.643. The average Bonchev–Trinajstić information content (AvgIpc) is 3.53. The first-order valence-corrected chi connectivity index (χ1v) is 15.1. The van der Waals surface area contributed by atoms with Gasteiger partial charge in [0.05, 0.1) is 19.6 Å². The summed E-state index contributed by atoms with van der Waals surface area (Å²) in [4.78, 5) is 64.0. The van der Waals surface area contributed by atoms with Crippen LogP contribution in [0.3, 0.4) is 0 Å². The van der Waals surface area contributed by atoms with Crippen molar-refractivity contribution in [2.45, 2.75) is 102 Å². The molecule has 0 unspecified atom stereocenters. The SMILES string of the molecule is COC(=O)[C@@H]1CCCN1C(=O)CCC(=O)OCC(=O)[C@@]1(O)CC[C@H]2[C@@H]3CCC4=CC(=O)CC[C@]4(C)[C@H]3[C@H](O)C[C@@]21C. The Hall–Kier alpha value is -2.59. The molecular formula is C31H43NO9. The van der Waals surface area contributed by atoms with E-state index in [1.807, 2.05) is 6.92 Å². The van der Waals surface area contributed by atoms with Crippen molar-refractivity contribution in [2.24, 2.45) is 28.6 Å². The van der Waals surface area contributed by atoms with Crippen LogP contribution in [0.2, 0.25) is 0 Å². The maximum atomic E-state index is 13.4. The van der Waals surface area contributed by atoms with Crippen LogP contribution in [0.15, 0.2) is 11.6 Å². The lowest BCUT2D eigenvalue weighted by Crippen LogP contribution is -2.62. The third kappa shape index (κ3) is 4.84. The lowest BCUT2D eigenvalue weighted by molar-refractivity contribution is -0.184. The predicted molar refractivity (Wildman–Crippen MR) is 145 cm³/mol. The first-order valence-electron chi connectivity index (χ1n) is 15.1. The van der Waals surface area contributed by atoms with Crippen molar-refractivity contribution in [2.75, 3.05) is 20.3 Å². The number of amides is 1. The van der Waals surface area contributed by atoms with Gasteiger partial charge in [0.25, 0.3) is 0 Å². The van der Waals surface area contributed by atoms with Crippen molar-refractivity contribution >= 4 is 29.4 Å². The molecule has 10 nitrogen and oxygen atoms in total. The van der Waals surface area contributed by atoms with Crippen LogP contribution in [-0.2, 0) is 33.4 Å². The van der Waals surface area contributed by atoms with Crippen molar-refractivity contribution in [1.82, 2.24) is 4.90 Å². The molecule has 4 fully saturated rings. The molecule has 41 heavy (non-hydrogen) atoms. The van der Waals surface area contributed by atoms with Gasteiger partial charge in [-0.15, -0.1) is 0 Å². The zero-order chi connectivity index (χ0) is 29.7. The van der Waals surface area contributed by atoms with Gasteiger partial charge in [-0.1, -0.05) is 19.4 Å². The monoisotopic (exact) mass is 573 g/mol. The van der Waals surface area contributed by atoms with Gasteiger partial charge in [-0.25, -0.2) is 4.79 Å². The second-order valence-electron chi connectivity index (χ2n) is 13.3. The number of Topliss-reactive ketones (excluding diaryl/α,β-unsaturated/α-hetero) is 1. The van der Waals surface area contributed by atoms with E-state index in [0.29, 0.717) is 38.6 Å². The first-order chi connectivity index (χ1) is 19.4. The summed E-state index contributed by atoms with van der Waals surface area (Å²) >= 11 is 0. The number of carbonyl (C=O) groups is 5. The second-order valence-corrected chi connectivity index (χ2v) is 13.3. The van der Waals surface area contributed by atoms with E-state index in [2.05, 4.69) is 6.92 Å². The summed E-state index contributed by atoms with van der Waals surface area (Å²) in [6.45, 7) is 3.86. The summed E-state index contributed by atoms with van der Waals surface area (Å²) in [5, 5.41) is 23.3. The molecular weight excluding hydrogens is 530 g/mol. The maximum Gasteiger partial charge on any atom is 0.328 e. The molecule has 5 rings (SSSR count). The lowest BCUT2D eigenvalue weighted by Gasteiger charge is -2.60. The second kappa shape index (κ2) is 10.9. The minimum absolute atomic E-state index is 0.0254. The molecule has 0 bridgehead atoms. The molecule has 1 aliphatic heterocycles. The fourth-order valence-corrected chi connectivity index (χ4v) is 9.29. The molecule has 0 aromatic carbocycles. The highest BCUT2D eigenvalue weighted by atomic mass is 16.5. The number of allylic oxidation sites excluding steroid dienone is 1. The largest absolute Gasteiger partial charge is 0.467 e. The van der Waals surface area contributed by atoms with Crippen LogP contribution < -0.4 is 0 Å². The fourth-order valence-electron chi connectivity index (χ4n) is 9.29. The molecule has 1 saturated heterocycles. The molecule has 0 aromatic rings. The normalized spacial score (nSPS) is 39.7. The van der Waals surface area contributed by atoms with Crippen molar-refractivity contribution in [3.8, 4) is 0 Å². The van der Waals surface area contributed by atoms with Crippen molar-refractivity contribution < 1.29 is 43.7 Å². The molecule has 8 atom stereocenters. The van der Waals surface area contributed by atoms with Crippen LogP contribution in [-0.4, -0.2) is 82.5 Å². The number of methoxy groups -OCH3 is 1. The molecule has 0 spiro atoms. The topological polar surface area (TPSA) is 148 Å². The van der Waals surface area contributed by atoms with E-state index in [9.17, 15) is 34.2 Å². The number of aliphatic hydroxyl groups is 2. The molecule has 2 N–H and O–H groups in total. The summed E-state index contributed by atoms with van der Waals surface area (Å²) < 4.78 is 9.99. The van der Waals surface area contributed by atoms with Gasteiger partial charge in [0.1, 0.15) is 11.6 Å². The van der Waals surface area contributed by atoms with E-state index >= 15 is 0 Å². The molecule has 10 heteroatoms. The number of hydrogen-bond acceptors (Lipinski definition) is 9. The number of nitrogens with zero attached hydrogens (tertiary/aromatic N) is 1. The highest BCUT2D eigenvalue weighted by molar-refractivity contribution is 5.92. The standard InChI is InChI=1S/C31H43NO9/c1-29-12-10-19(33)15-18(29)6-7-20-21-11-13-31(39,30(21,2)16-23(34)27(20)29)24(35)17-41-26(37)9-8-25(36)32-14-4-5-22(32)28(38)40-3/h15,20-23,27,34,39H,4-14,16-17H2,1-3H3/t20-,21-,22-,23+,27+,29-,30-,31-/m0/s1. The minimum atomic E-state index is -1.73. The summed E-state index contributed by atoms with van der Waals surface area (Å²) in [5.41, 5.74) is -1.74.